The van der Waals surface area contributed by atoms with Gasteiger partial charge in [0.1, 0.15) is 6.61 Å². The van der Waals surface area contributed by atoms with Crippen molar-refractivity contribution in [3.63, 3.8) is 0 Å². The summed E-state index contributed by atoms with van der Waals surface area (Å²) in [5.74, 6) is -0.157. The summed E-state index contributed by atoms with van der Waals surface area (Å²) >= 11 is 3.40. The molecule has 1 rings (SSSR count). The zero-order valence-corrected chi connectivity index (χ0v) is 11.4. The second-order valence-corrected chi connectivity index (χ2v) is 4.46. The summed E-state index contributed by atoms with van der Waals surface area (Å²) in [7, 11) is 0. The lowest BCUT2D eigenvalue weighted by atomic mass is 10.1. The molecule has 0 saturated carbocycles. The van der Waals surface area contributed by atoms with Gasteiger partial charge in [0.25, 0.3) is 0 Å². The van der Waals surface area contributed by atoms with Gasteiger partial charge in [0.15, 0.2) is 0 Å². The van der Waals surface area contributed by atoms with Gasteiger partial charge in [0, 0.05) is 16.7 Å². The molecule has 0 aliphatic heterocycles. The number of rotatable bonds is 6. The van der Waals surface area contributed by atoms with Crippen molar-refractivity contribution in [2.45, 2.75) is 13.3 Å². The van der Waals surface area contributed by atoms with Crippen LogP contribution in [-0.4, -0.2) is 25.7 Å². The average molecular weight is 301 g/mol. The number of ether oxygens (including phenoxy) is 1. The van der Waals surface area contributed by atoms with Crippen molar-refractivity contribution in [2.75, 3.05) is 25.1 Å². The topological polar surface area (TPSA) is 64.3 Å². The number of halogens is 1. The van der Waals surface area contributed by atoms with Gasteiger partial charge in [0.05, 0.1) is 6.61 Å². The van der Waals surface area contributed by atoms with Crippen molar-refractivity contribution in [3.05, 3.63) is 28.2 Å². The van der Waals surface area contributed by atoms with Crippen LogP contribution >= 0.6 is 15.9 Å². The van der Waals surface area contributed by atoms with E-state index in [1.807, 2.05) is 25.1 Å². The van der Waals surface area contributed by atoms with Crippen LogP contribution in [-0.2, 0) is 16.0 Å². The number of nitrogens with two attached hydrogens (primary N) is 1. The minimum Gasteiger partial charge on any atom is -0.370 e. The molecule has 5 heteroatoms. The van der Waals surface area contributed by atoms with E-state index in [1.54, 1.807) is 0 Å². The number of amides is 1. The highest BCUT2D eigenvalue weighted by Crippen LogP contribution is 2.21. The van der Waals surface area contributed by atoms with Gasteiger partial charge in [-0.3, -0.25) is 4.79 Å². The Morgan fingerprint density at radius 3 is 2.94 bits per heavy atom. The van der Waals surface area contributed by atoms with Crippen molar-refractivity contribution in [1.29, 1.82) is 0 Å². The number of hydrogen-bond acceptors (Lipinski definition) is 3. The van der Waals surface area contributed by atoms with E-state index >= 15 is 0 Å². The highest BCUT2D eigenvalue weighted by atomic mass is 79.9. The Kier molecular flexibility index (Phi) is 6.18. The van der Waals surface area contributed by atoms with E-state index in [-0.39, 0.29) is 12.5 Å². The molecule has 0 bridgehead atoms. The first kappa shape index (κ1) is 14.2. The van der Waals surface area contributed by atoms with Crippen molar-refractivity contribution < 1.29 is 9.53 Å². The first-order valence-corrected chi connectivity index (χ1v) is 6.32. The largest absolute Gasteiger partial charge is 0.370 e. The third-order valence-corrected chi connectivity index (χ3v) is 2.71. The molecule has 17 heavy (non-hydrogen) atoms. The number of carbonyl (C=O) groups is 1. The first-order valence-electron chi connectivity index (χ1n) is 5.53. The fourth-order valence-electron chi connectivity index (χ4n) is 1.41. The van der Waals surface area contributed by atoms with Crippen LogP contribution in [0.2, 0.25) is 0 Å². The Balaban J connectivity index is 2.58. The summed E-state index contributed by atoms with van der Waals surface area (Å²) in [6.07, 6.45) is 0.860. The minimum absolute atomic E-state index is 0.0381. The molecule has 0 aliphatic rings. The molecule has 0 aromatic heterocycles. The number of benzene rings is 1. The van der Waals surface area contributed by atoms with Crippen molar-refractivity contribution in [2.24, 2.45) is 5.73 Å². The maximum atomic E-state index is 11.6. The van der Waals surface area contributed by atoms with Crippen LogP contribution in [0.5, 0.6) is 0 Å². The number of anilines is 1. The van der Waals surface area contributed by atoms with Gasteiger partial charge < -0.3 is 15.8 Å². The molecule has 94 valence electrons. The third kappa shape index (κ3) is 4.85. The highest BCUT2D eigenvalue weighted by molar-refractivity contribution is 9.10. The summed E-state index contributed by atoms with van der Waals surface area (Å²) in [5.41, 5.74) is 7.19. The van der Waals surface area contributed by atoms with E-state index in [4.69, 9.17) is 10.5 Å². The summed E-state index contributed by atoms with van der Waals surface area (Å²) in [6.45, 7) is 2.90. The number of nitrogens with one attached hydrogen (secondary N) is 1. The van der Waals surface area contributed by atoms with Crippen LogP contribution in [0.3, 0.4) is 0 Å². The lowest BCUT2D eigenvalue weighted by molar-refractivity contribution is -0.120. The summed E-state index contributed by atoms with van der Waals surface area (Å²) < 4.78 is 6.07. The van der Waals surface area contributed by atoms with Crippen LogP contribution in [0.4, 0.5) is 5.69 Å². The molecule has 1 aromatic rings. The Hall–Kier alpha value is -0.910. The van der Waals surface area contributed by atoms with E-state index in [9.17, 15) is 4.79 Å². The molecular weight excluding hydrogens is 284 g/mol. The summed E-state index contributed by atoms with van der Waals surface area (Å²) in [5, 5.41) is 2.82. The van der Waals surface area contributed by atoms with Crippen LogP contribution in [0, 0.1) is 0 Å². The van der Waals surface area contributed by atoms with E-state index in [1.165, 1.54) is 0 Å². The van der Waals surface area contributed by atoms with Gasteiger partial charge in [0.2, 0.25) is 5.91 Å². The molecule has 0 fully saturated rings. The molecule has 0 saturated heterocycles. The lowest BCUT2D eigenvalue weighted by Gasteiger charge is -2.10. The Morgan fingerprint density at radius 2 is 2.29 bits per heavy atom. The van der Waals surface area contributed by atoms with Crippen LogP contribution in [0.1, 0.15) is 12.5 Å². The van der Waals surface area contributed by atoms with Crippen LogP contribution < -0.4 is 11.1 Å². The Bertz CT molecular complexity index is 383. The van der Waals surface area contributed by atoms with E-state index in [0.29, 0.717) is 13.2 Å². The molecule has 3 N–H and O–H groups in total. The number of aryl methyl sites for hydroxylation is 1. The maximum absolute atomic E-state index is 11.6. The van der Waals surface area contributed by atoms with E-state index in [2.05, 4.69) is 21.2 Å². The van der Waals surface area contributed by atoms with Crippen molar-refractivity contribution in [1.82, 2.24) is 0 Å². The van der Waals surface area contributed by atoms with Crippen LogP contribution in [0.15, 0.2) is 22.7 Å². The molecule has 0 aliphatic carbocycles. The van der Waals surface area contributed by atoms with Gasteiger partial charge in [-0.15, -0.1) is 0 Å². The van der Waals surface area contributed by atoms with Crippen molar-refractivity contribution >= 4 is 27.5 Å². The van der Waals surface area contributed by atoms with Crippen LogP contribution in [0.25, 0.3) is 0 Å². The normalized spacial score (nSPS) is 10.3. The molecule has 0 unspecified atom stereocenters. The second kappa shape index (κ2) is 7.42. The fourth-order valence-corrected chi connectivity index (χ4v) is 1.82. The third-order valence-electron chi connectivity index (χ3n) is 2.22. The zero-order chi connectivity index (χ0) is 12.7. The summed E-state index contributed by atoms with van der Waals surface area (Å²) in [4.78, 5) is 11.6. The predicted octanol–water partition coefficient (Wildman–Crippen LogP) is 1.93. The average Bonchev–Trinajstić information content (AvgIpc) is 2.32. The Morgan fingerprint density at radius 1 is 1.53 bits per heavy atom. The van der Waals surface area contributed by atoms with E-state index < -0.39 is 0 Å². The Labute approximate surface area is 110 Å². The molecule has 0 radical (unpaired) electrons. The second-order valence-electron chi connectivity index (χ2n) is 3.54. The molecule has 0 heterocycles. The molecule has 1 aromatic carbocycles. The van der Waals surface area contributed by atoms with Gasteiger partial charge >= 0.3 is 0 Å². The first-order chi connectivity index (χ1) is 8.17. The molecule has 4 nitrogen and oxygen atoms in total. The van der Waals surface area contributed by atoms with Crippen molar-refractivity contribution in [3.8, 4) is 0 Å². The number of carbonyl (C=O) groups excluding carboxylic acids is 1. The monoisotopic (exact) mass is 300 g/mol. The van der Waals surface area contributed by atoms with Gasteiger partial charge in [-0.25, -0.2) is 0 Å². The quantitative estimate of drug-likeness (QED) is 0.789. The molecular formula is C12H17BrN2O2. The lowest BCUT2D eigenvalue weighted by Crippen LogP contribution is -2.21. The molecule has 1 amide bonds. The minimum atomic E-state index is -0.157. The standard InChI is InChI=1S/C12H17BrN2O2/c1-2-9-7-10(13)3-4-11(9)15-12(16)8-17-6-5-14/h3-4,7H,2,5-6,8,14H2,1H3,(H,15,16). The zero-order valence-electron chi connectivity index (χ0n) is 9.83. The maximum Gasteiger partial charge on any atom is 0.250 e. The van der Waals surface area contributed by atoms with Gasteiger partial charge in [-0.2, -0.15) is 0 Å². The fraction of sp³-hybridized carbons (Fsp3) is 0.417. The van der Waals surface area contributed by atoms with Gasteiger partial charge in [-0.1, -0.05) is 22.9 Å². The predicted molar refractivity (Wildman–Crippen MR) is 72.0 cm³/mol. The highest BCUT2D eigenvalue weighted by Gasteiger charge is 2.06. The molecule has 0 spiro atoms. The smallest absolute Gasteiger partial charge is 0.250 e. The summed E-state index contributed by atoms with van der Waals surface area (Å²) in [6, 6.07) is 5.77. The van der Waals surface area contributed by atoms with Gasteiger partial charge in [-0.05, 0) is 30.2 Å². The number of hydrogen-bond donors (Lipinski definition) is 2. The molecule has 0 atom stereocenters. The van der Waals surface area contributed by atoms with E-state index in [0.717, 1.165) is 22.1 Å². The SMILES string of the molecule is CCc1cc(Br)ccc1NC(=O)COCCN.